The summed E-state index contributed by atoms with van der Waals surface area (Å²) in [4.78, 5) is 29.0. The monoisotopic (exact) mass is 439 g/mol. The van der Waals surface area contributed by atoms with E-state index < -0.39 is 0 Å². The number of halogens is 1. The molecule has 0 unspecified atom stereocenters. The third kappa shape index (κ3) is 5.66. The van der Waals surface area contributed by atoms with Gasteiger partial charge in [-0.15, -0.1) is 0 Å². The molecular weight excluding hydrogens is 414 g/mol. The highest BCUT2D eigenvalue weighted by molar-refractivity contribution is 6.30. The lowest BCUT2D eigenvalue weighted by Gasteiger charge is -2.33. The van der Waals surface area contributed by atoms with Gasteiger partial charge in [0.05, 0.1) is 5.69 Å². The van der Waals surface area contributed by atoms with Crippen molar-refractivity contribution in [2.75, 3.05) is 43.0 Å². The Morgan fingerprint density at radius 3 is 2.61 bits per heavy atom. The summed E-state index contributed by atoms with van der Waals surface area (Å²) in [6.07, 6.45) is 6.91. The summed E-state index contributed by atoms with van der Waals surface area (Å²) in [6.45, 7) is 3.67. The molecule has 2 aliphatic rings. The number of likely N-dealkylation sites (tertiary alicyclic amines) is 1. The van der Waals surface area contributed by atoms with E-state index in [2.05, 4.69) is 10.2 Å². The standard InChI is InChI=1S/C24H26ClN3O3/c25-19-7-4-18(5-8-19)6-11-23(29)26-20-9-10-22-21(16-20)28(24(30)17-31-22)15-14-27-12-2-1-3-13-27/h4-11,16H,1-3,12-15,17H2,(H,26,29)/b11-6+. The second kappa shape index (κ2) is 9.98. The molecule has 0 bridgehead atoms. The number of piperidine rings is 1. The van der Waals surface area contributed by atoms with Crippen LogP contribution in [0.3, 0.4) is 0 Å². The highest BCUT2D eigenvalue weighted by Crippen LogP contribution is 2.34. The lowest BCUT2D eigenvalue weighted by Crippen LogP contribution is -2.44. The number of fused-ring (bicyclic) bond motifs is 1. The first kappa shape index (κ1) is 21.4. The molecule has 2 amide bonds. The van der Waals surface area contributed by atoms with Crippen LogP contribution in [-0.4, -0.2) is 49.5 Å². The second-order valence-corrected chi connectivity index (χ2v) is 8.23. The molecular formula is C24H26ClN3O3. The average Bonchev–Trinajstić information content (AvgIpc) is 2.79. The number of rotatable bonds is 6. The Bertz CT molecular complexity index is 969. The number of ether oxygens (including phenoxy) is 1. The van der Waals surface area contributed by atoms with Crippen LogP contribution in [0.15, 0.2) is 48.5 Å². The summed E-state index contributed by atoms with van der Waals surface area (Å²) in [7, 11) is 0. The molecule has 31 heavy (non-hydrogen) atoms. The number of carbonyl (C=O) groups is 2. The van der Waals surface area contributed by atoms with E-state index >= 15 is 0 Å². The molecule has 0 spiro atoms. The fourth-order valence-corrected chi connectivity index (χ4v) is 4.01. The fraction of sp³-hybridized carbons (Fsp3) is 0.333. The van der Waals surface area contributed by atoms with E-state index in [0.717, 1.165) is 25.2 Å². The molecule has 0 radical (unpaired) electrons. The molecule has 2 aliphatic heterocycles. The van der Waals surface area contributed by atoms with Gasteiger partial charge >= 0.3 is 0 Å². The van der Waals surface area contributed by atoms with Crippen molar-refractivity contribution in [2.24, 2.45) is 0 Å². The first-order chi connectivity index (χ1) is 15.1. The molecule has 0 aromatic heterocycles. The number of carbonyl (C=O) groups excluding carboxylic acids is 2. The van der Waals surface area contributed by atoms with Crippen LogP contribution < -0.4 is 15.0 Å². The molecule has 2 aromatic carbocycles. The zero-order chi connectivity index (χ0) is 21.6. The van der Waals surface area contributed by atoms with Crippen LogP contribution in [0, 0.1) is 0 Å². The Kier molecular flexibility index (Phi) is 6.89. The van der Waals surface area contributed by atoms with Crippen LogP contribution in [-0.2, 0) is 9.59 Å². The Hall–Kier alpha value is -2.83. The van der Waals surface area contributed by atoms with Crippen molar-refractivity contribution in [3.05, 3.63) is 59.1 Å². The largest absolute Gasteiger partial charge is 0.482 e. The van der Waals surface area contributed by atoms with Crippen molar-refractivity contribution < 1.29 is 14.3 Å². The van der Waals surface area contributed by atoms with Crippen molar-refractivity contribution in [3.63, 3.8) is 0 Å². The topological polar surface area (TPSA) is 61.9 Å². The minimum atomic E-state index is -0.252. The summed E-state index contributed by atoms with van der Waals surface area (Å²) < 4.78 is 5.59. The number of benzene rings is 2. The molecule has 0 saturated carbocycles. The minimum Gasteiger partial charge on any atom is -0.482 e. The molecule has 1 saturated heterocycles. The van der Waals surface area contributed by atoms with Crippen molar-refractivity contribution in [3.8, 4) is 5.75 Å². The first-order valence-corrected chi connectivity index (χ1v) is 11.0. The summed E-state index contributed by atoms with van der Waals surface area (Å²) in [5.41, 5.74) is 2.20. The third-order valence-corrected chi connectivity index (χ3v) is 5.81. The number of nitrogens with one attached hydrogen (secondary N) is 1. The van der Waals surface area contributed by atoms with Crippen molar-refractivity contribution in [2.45, 2.75) is 19.3 Å². The zero-order valence-electron chi connectivity index (χ0n) is 17.4. The van der Waals surface area contributed by atoms with Gasteiger partial charge in [-0.05, 0) is 67.9 Å². The summed E-state index contributed by atoms with van der Waals surface area (Å²) in [5.74, 6) is 0.349. The predicted octanol–water partition coefficient (Wildman–Crippen LogP) is 4.20. The molecule has 2 aromatic rings. The predicted molar refractivity (Wildman–Crippen MR) is 124 cm³/mol. The Labute approximate surface area is 187 Å². The molecule has 7 heteroatoms. The molecule has 1 fully saturated rings. The molecule has 0 aliphatic carbocycles. The maximum Gasteiger partial charge on any atom is 0.265 e. The average molecular weight is 440 g/mol. The van der Waals surface area contributed by atoms with Crippen LogP contribution in [0.2, 0.25) is 5.02 Å². The van der Waals surface area contributed by atoms with E-state index in [1.54, 1.807) is 41.3 Å². The number of hydrogen-bond acceptors (Lipinski definition) is 4. The number of hydrogen-bond donors (Lipinski definition) is 1. The smallest absolute Gasteiger partial charge is 0.265 e. The van der Waals surface area contributed by atoms with Gasteiger partial charge in [0.25, 0.3) is 5.91 Å². The summed E-state index contributed by atoms with van der Waals surface area (Å²) in [5, 5.41) is 3.51. The lowest BCUT2D eigenvalue weighted by atomic mass is 10.1. The second-order valence-electron chi connectivity index (χ2n) is 7.79. The van der Waals surface area contributed by atoms with Gasteiger partial charge < -0.3 is 19.9 Å². The van der Waals surface area contributed by atoms with Gasteiger partial charge in [-0.2, -0.15) is 0 Å². The molecule has 0 atom stereocenters. The van der Waals surface area contributed by atoms with Crippen LogP contribution in [0.4, 0.5) is 11.4 Å². The zero-order valence-corrected chi connectivity index (χ0v) is 18.1. The minimum absolute atomic E-state index is 0.0442. The maximum atomic E-state index is 12.5. The van der Waals surface area contributed by atoms with Gasteiger partial charge in [-0.3, -0.25) is 9.59 Å². The fourth-order valence-electron chi connectivity index (χ4n) is 3.88. The quantitative estimate of drug-likeness (QED) is 0.685. The Balaban J connectivity index is 1.43. The van der Waals surface area contributed by atoms with Crippen molar-refractivity contribution in [1.29, 1.82) is 0 Å². The van der Waals surface area contributed by atoms with Crippen LogP contribution >= 0.6 is 11.6 Å². The van der Waals surface area contributed by atoms with E-state index in [1.807, 2.05) is 12.1 Å². The normalized spacial score (nSPS) is 16.8. The van der Waals surface area contributed by atoms with Crippen molar-refractivity contribution in [1.82, 2.24) is 4.90 Å². The van der Waals surface area contributed by atoms with E-state index in [-0.39, 0.29) is 18.4 Å². The summed E-state index contributed by atoms with van der Waals surface area (Å²) in [6, 6.07) is 12.6. The highest BCUT2D eigenvalue weighted by Gasteiger charge is 2.26. The highest BCUT2D eigenvalue weighted by atomic mass is 35.5. The van der Waals surface area contributed by atoms with Crippen LogP contribution in [0.25, 0.3) is 6.08 Å². The van der Waals surface area contributed by atoms with E-state index in [4.69, 9.17) is 16.3 Å². The summed E-state index contributed by atoms with van der Waals surface area (Å²) >= 11 is 5.88. The molecule has 162 valence electrons. The van der Waals surface area contributed by atoms with Gasteiger partial charge in [-0.25, -0.2) is 0 Å². The Morgan fingerprint density at radius 2 is 1.84 bits per heavy atom. The number of nitrogens with zero attached hydrogens (tertiary/aromatic N) is 2. The maximum absolute atomic E-state index is 12.5. The van der Waals surface area contributed by atoms with E-state index in [9.17, 15) is 9.59 Å². The first-order valence-electron chi connectivity index (χ1n) is 10.6. The Morgan fingerprint density at radius 1 is 1.06 bits per heavy atom. The van der Waals surface area contributed by atoms with Crippen LogP contribution in [0.5, 0.6) is 5.75 Å². The molecule has 2 heterocycles. The lowest BCUT2D eigenvalue weighted by molar-refractivity contribution is -0.121. The van der Waals surface area contributed by atoms with Gasteiger partial charge in [0.1, 0.15) is 5.75 Å². The SMILES string of the molecule is O=C(/C=C/c1ccc(Cl)cc1)Nc1ccc2c(c1)N(CCN1CCCCC1)C(=O)CO2. The third-order valence-electron chi connectivity index (χ3n) is 5.56. The number of anilines is 2. The van der Waals surface area contributed by atoms with E-state index in [1.165, 1.54) is 25.3 Å². The van der Waals surface area contributed by atoms with Gasteiger partial charge in [0.15, 0.2) is 6.61 Å². The van der Waals surface area contributed by atoms with Gasteiger partial charge in [-0.1, -0.05) is 30.2 Å². The van der Waals surface area contributed by atoms with Gasteiger partial charge in [0, 0.05) is 29.9 Å². The molecule has 1 N–H and O–H groups in total. The van der Waals surface area contributed by atoms with Crippen LogP contribution in [0.1, 0.15) is 24.8 Å². The molecule has 4 rings (SSSR count). The van der Waals surface area contributed by atoms with Crippen molar-refractivity contribution >= 4 is 40.9 Å². The molecule has 6 nitrogen and oxygen atoms in total. The van der Waals surface area contributed by atoms with E-state index in [0.29, 0.717) is 28.7 Å². The van der Waals surface area contributed by atoms with Gasteiger partial charge in [0.2, 0.25) is 5.91 Å². The number of amides is 2.